The van der Waals surface area contributed by atoms with E-state index in [9.17, 15) is 13.2 Å². The fourth-order valence-corrected chi connectivity index (χ4v) is 2.16. The van der Waals surface area contributed by atoms with Gasteiger partial charge in [0.15, 0.2) is 12.1 Å². The first kappa shape index (κ1) is 14.6. The fraction of sp³-hybridized carbons (Fsp3) is 0.462. The summed E-state index contributed by atoms with van der Waals surface area (Å²) in [6, 6.07) is 7.67. The molecule has 2 rings (SSSR count). The zero-order chi connectivity index (χ0) is 14.8. The molecule has 1 heterocycles. The highest BCUT2D eigenvalue weighted by molar-refractivity contribution is 5.97. The topological polar surface area (TPSA) is 47.9 Å². The van der Waals surface area contributed by atoms with E-state index < -0.39 is 18.8 Å². The van der Waals surface area contributed by atoms with Crippen molar-refractivity contribution in [3.63, 3.8) is 0 Å². The second-order valence-electron chi connectivity index (χ2n) is 4.52. The number of nitrogens with zero attached hydrogens (tertiary/aromatic N) is 2. The average molecular weight is 287 g/mol. The Morgan fingerprint density at radius 3 is 2.80 bits per heavy atom. The van der Waals surface area contributed by atoms with Crippen LogP contribution in [0.4, 0.5) is 18.9 Å². The van der Waals surface area contributed by atoms with Crippen LogP contribution in [0, 0.1) is 0 Å². The van der Waals surface area contributed by atoms with Gasteiger partial charge in [-0.2, -0.15) is 13.2 Å². The summed E-state index contributed by atoms with van der Waals surface area (Å²) < 4.78 is 36.8. The Bertz CT molecular complexity index is 502. The largest absolute Gasteiger partial charge is 0.416 e. The minimum absolute atomic E-state index is 0.332. The number of aliphatic hydroxyl groups excluding tert-OH is 1. The van der Waals surface area contributed by atoms with Crippen molar-refractivity contribution in [1.29, 1.82) is 0 Å². The van der Waals surface area contributed by atoms with Gasteiger partial charge in [0.05, 0.1) is 6.54 Å². The Kier molecular flexibility index (Phi) is 4.17. The molecule has 1 aromatic rings. The van der Waals surface area contributed by atoms with Crippen LogP contribution in [0.3, 0.4) is 0 Å². The molecule has 0 aliphatic carbocycles. The normalized spacial score (nSPS) is 17.1. The molecular formula is C13H16F3N3O. The minimum Gasteiger partial charge on any atom is -0.382 e. The van der Waals surface area contributed by atoms with Gasteiger partial charge >= 0.3 is 6.18 Å². The summed E-state index contributed by atoms with van der Waals surface area (Å²) in [5.74, 6) is 0.332. The van der Waals surface area contributed by atoms with Crippen LogP contribution in [0.1, 0.15) is 5.56 Å². The summed E-state index contributed by atoms with van der Waals surface area (Å²) in [5.41, 5.74) is 2.06. The molecule has 1 unspecified atom stereocenters. The maximum Gasteiger partial charge on any atom is 0.416 e. The maximum absolute atomic E-state index is 12.3. The zero-order valence-electron chi connectivity index (χ0n) is 11.0. The molecule has 0 saturated carbocycles. The third kappa shape index (κ3) is 3.04. The number of hydrogen-bond donors (Lipinski definition) is 2. The van der Waals surface area contributed by atoms with Gasteiger partial charge in [0, 0.05) is 19.3 Å². The Labute approximate surface area is 114 Å². The van der Waals surface area contributed by atoms with E-state index in [2.05, 4.69) is 10.3 Å². The van der Waals surface area contributed by atoms with E-state index >= 15 is 0 Å². The molecule has 7 heteroatoms. The van der Waals surface area contributed by atoms with Crippen LogP contribution < -0.4 is 10.2 Å². The second-order valence-corrected chi connectivity index (χ2v) is 4.52. The number of hydrogen-bond acceptors (Lipinski definition) is 2. The van der Waals surface area contributed by atoms with Crippen molar-refractivity contribution in [2.75, 3.05) is 25.0 Å². The van der Waals surface area contributed by atoms with Crippen LogP contribution >= 0.6 is 0 Å². The average Bonchev–Trinajstić information content (AvgIpc) is 2.82. The predicted molar refractivity (Wildman–Crippen MR) is 70.9 cm³/mol. The molecule has 2 N–H and O–H groups in total. The van der Waals surface area contributed by atoms with Crippen molar-refractivity contribution >= 4 is 11.6 Å². The van der Waals surface area contributed by atoms with E-state index in [0.717, 1.165) is 17.7 Å². The number of guanidine groups is 1. The molecule has 20 heavy (non-hydrogen) atoms. The van der Waals surface area contributed by atoms with Gasteiger partial charge < -0.3 is 15.3 Å². The first-order valence-electron chi connectivity index (χ1n) is 6.24. The van der Waals surface area contributed by atoms with Crippen LogP contribution in [0.5, 0.6) is 0 Å². The minimum atomic E-state index is -4.63. The SMILES string of the molecule is CN=C(NCC(O)C(F)(F)F)N1CCc2ccccc21. The monoisotopic (exact) mass is 287 g/mol. The lowest BCUT2D eigenvalue weighted by atomic mass is 10.2. The quantitative estimate of drug-likeness (QED) is 0.641. The lowest BCUT2D eigenvalue weighted by Crippen LogP contribution is -2.46. The van der Waals surface area contributed by atoms with E-state index in [0.29, 0.717) is 12.5 Å². The molecule has 1 atom stereocenters. The third-order valence-electron chi connectivity index (χ3n) is 3.19. The van der Waals surface area contributed by atoms with E-state index in [-0.39, 0.29) is 0 Å². The first-order valence-corrected chi connectivity index (χ1v) is 6.24. The molecule has 4 nitrogen and oxygen atoms in total. The molecule has 0 radical (unpaired) electrons. The number of alkyl halides is 3. The molecule has 1 aliphatic rings. The van der Waals surface area contributed by atoms with Gasteiger partial charge in [0.2, 0.25) is 0 Å². The number of aliphatic imine (C=N–C) groups is 1. The Morgan fingerprint density at radius 1 is 1.45 bits per heavy atom. The number of benzene rings is 1. The van der Waals surface area contributed by atoms with Crippen molar-refractivity contribution in [2.24, 2.45) is 4.99 Å². The summed E-state index contributed by atoms with van der Waals surface area (Å²) >= 11 is 0. The summed E-state index contributed by atoms with van der Waals surface area (Å²) in [6.07, 6.45) is -6.22. The van der Waals surface area contributed by atoms with Crippen LogP contribution in [0.2, 0.25) is 0 Å². The molecule has 0 bridgehead atoms. The third-order valence-corrected chi connectivity index (χ3v) is 3.19. The second kappa shape index (κ2) is 5.70. The lowest BCUT2D eigenvalue weighted by Gasteiger charge is -2.24. The van der Waals surface area contributed by atoms with Gasteiger partial charge in [0.25, 0.3) is 0 Å². The van der Waals surface area contributed by atoms with E-state index in [1.807, 2.05) is 29.2 Å². The number of anilines is 1. The van der Waals surface area contributed by atoms with E-state index in [1.54, 1.807) is 0 Å². The zero-order valence-corrected chi connectivity index (χ0v) is 11.0. The summed E-state index contributed by atoms with van der Waals surface area (Å²) in [7, 11) is 1.50. The molecule has 1 aliphatic heterocycles. The van der Waals surface area contributed by atoms with Gasteiger partial charge in [-0.25, -0.2) is 0 Å². The van der Waals surface area contributed by atoms with Gasteiger partial charge in [0.1, 0.15) is 0 Å². The highest BCUT2D eigenvalue weighted by atomic mass is 19.4. The molecule has 0 spiro atoms. The predicted octanol–water partition coefficient (Wildman–Crippen LogP) is 1.55. The standard InChI is InChI=1S/C13H16F3N3O/c1-17-12(18-8-11(20)13(14,15)16)19-7-6-9-4-2-3-5-10(9)19/h2-5,11,20H,6-8H2,1H3,(H,17,18). The Balaban J connectivity index is 2.05. The fourth-order valence-electron chi connectivity index (χ4n) is 2.16. The van der Waals surface area contributed by atoms with Crippen molar-refractivity contribution in [1.82, 2.24) is 5.32 Å². The summed E-state index contributed by atoms with van der Waals surface area (Å²) in [5, 5.41) is 11.6. The van der Waals surface area contributed by atoms with Gasteiger partial charge in [-0.15, -0.1) is 0 Å². The lowest BCUT2D eigenvalue weighted by molar-refractivity contribution is -0.201. The van der Waals surface area contributed by atoms with E-state index in [4.69, 9.17) is 5.11 Å². The molecule has 0 fully saturated rings. The maximum atomic E-state index is 12.3. The smallest absolute Gasteiger partial charge is 0.382 e. The van der Waals surface area contributed by atoms with Crippen LogP contribution in [0.15, 0.2) is 29.3 Å². The molecule has 1 aromatic carbocycles. The summed E-state index contributed by atoms with van der Waals surface area (Å²) in [4.78, 5) is 5.79. The molecule has 0 saturated heterocycles. The van der Waals surface area contributed by atoms with Gasteiger partial charge in [-0.05, 0) is 18.1 Å². The molecule has 0 aromatic heterocycles. The van der Waals surface area contributed by atoms with Gasteiger partial charge in [-0.3, -0.25) is 4.99 Å². The first-order chi connectivity index (χ1) is 9.43. The van der Waals surface area contributed by atoms with Crippen LogP contribution in [0.25, 0.3) is 0 Å². The number of rotatable bonds is 2. The number of nitrogens with one attached hydrogen (secondary N) is 1. The van der Waals surface area contributed by atoms with Crippen molar-refractivity contribution in [2.45, 2.75) is 18.7 Å². The van der Waals surface area contributed by atoms with Crippen LogP contribution in [-0.4, -0.2) is 43.5 Å². The number of fused-ring (bicyclic) bond motifs is 1. The van der Waals surface area contributed by atoms with Crippen molar-refractivity contribution in [3.05, 3.63) is 29.8 Å². The van der Waals surface area contributed by atoms with Crippen molar-refractivity contribution in [3.8, 4) is 0 Å². The van der Waals surface area contributed by atoms with Crippen molar-refractivity contribution < 1.29 is 18.3 Å². The van der Waals surface area contributed by atoms with Crippen LogP contribution in [-0.2, 0) is 6.42 Å². The van der Waals surface area contributed by atoms with E-state index in [1.165, 1.54) is 7.05 Å². The highest BCUT2D eigenvalue weighted by Crippen LogP contribution is 2.27. The summed E-state index contributed by atoms with van der Waals surface area (Å²) in [6.45, 7) is 0.0377. The molecular weight excluding hydrogens is 271 g/mol. The Morgan fingerprint density at radius 2 is 2.15 bits per heavy atom. The molecule has 0 amide bonds. The molecule has 110 valence electrons. The Hall–Kier alpha value is -1.76. The highest BCUT2D eigenvalue weighted by Gasteiger charge is 2.38. The number of halogens is 3. The van der Waals surface area contributed by atoms with Gasteiger partial charge in [-0.1, -0.05) is 18.2 Å². The number of aliphatic hydroxyl groups is 1. The number of para-hydroxylation sites is 1.